The average Bonchev–Trinajstić information content (AvgIpc) is 3.44. The summed E-state index contributed by atoms with van der Waals surface area (Å²) in [5.41, 5.74) is 1.06. The molecule has 7 nitrogen and oxygen atoms in total. The lowest BCUT2D eigenvalue weighted by Gasteiger charge is -2.21. The van der Waals surface area contributed by atoms with E-state index in [9.17, 15) is 14.0 Å². The molecule has 1 aromatic carbocycles. The second-order valence-electron chi connectivity index (χ2n) is 7.47. The first-order valence-electron chi connectivity index (χ1n) is 9.39. The number of nitrogens with one attached hydrogen (secondary N) is 2. The Morgan fingerprint density at radius 1 is 1.29 bits per heavy atom. The molecule has 1 unspecified atom stereocenters. The van der Waals surface area contributed by atoms with Crippen molar-refractivity contribution in [2.75, 3.05) is 26.0 Å². The molecule has 2 N–H and O–H groups in total. The highest BCUT2D eigenvalue weighted by Gasteiger charge is 2.30. The number of amides is 2. The summed E-state index contributed by atoms with van der Waals surface area (Å²) in [4.78, 5) is 26.7. The minimum atomic E-state index is -0.337. The summed E-state index contributed by atoms with van der Waals surface area (Å²) in [6.07, 6.45) is 2.48. The van der Waals surface area contributed by atoms with E-state index in [1.165, 1.54) is 16.8 Å². The molecule has 1 aliphatic rings. The van der Waals surface area contributed by atoms with Gasteiger partial charge in [-0.2, -0.15) is 5.10 Å². The second kappa shape index (κ2) is 8.52. The van der Waals surface area contributed by atoms with E-state index in [0.717, 1.165) is 24.9 Å². The lowest BCUT2D eigenvalue weighted by atomic mass is 10.0. The van der Waals surface area contributed by atoms with Gasteiger partial charge in [-0.15, -0.1) is 0 Å². The molecular weight excluding hydrogens is 361 g/mol. The molecule has 8 heteroatoms. The zero-order valence-corrected chi connectivity index (χ0v) is 16.4. The van der Waals surface area contributed by atoms with E-state index in [0.29, 0.717) is 12.2 Å². The fraction of sp³-hybridized carbons (Fsp3) is 0.450. The zero-order valence-electron chi connectivity index (χ0n) is 16.4. The summed E-state index contributed by atoms with van der Waals surface area (Å²) in [7, 11) is 5.59. The van der Waals surface area contributed by atoms with Gasteiger partial charge in [0.25, 0.3) is 5.91 Å². The van der Waals surface area contributed by atoms with Gasteiger partial charge in [-0.1, -0.05) is 12.1 Å². The first-order valence-corrected chi connectivity index (χ1v) is 9.39. The number of nitrogens with zero attached hydrogens (tertiary/aromatic N) is 3. The van der Waals surface area contributed by atoms with Crippen molar-refractivity contribution in [3.05, 3.63) is 47.4 Å². The van der Waals surface area contributed by atoms with Crippen molar-refractivity contribution in [3.8, 4) is 0 Å². The molecule has 28 heavy (non-hydrogen) atoms. The van der Waals surface area contributed by atoms with Crippen LogP contribution in [-0.2, 0) is 11.8 Å². The maximum absolute atomic E-state index is 13.3. The highest BCUT2D eigenvalue weighted by molar-refractivity contribution is 5.96. The van der Waals surface area contributed by atoms with Crippen LogP contribution in [0.5, 0.6) is 0 Å². The molecule has 3 rings (SSSR count). The van der Waals surface area contributed by atoms with Gasteiger partial charge in [-0.3, -0.25) is 14.3 Å². The molecule has 1 aliphatic carbocycles. The molecule has 1 atom stereocenters. The van der Waals surface area contributed by atoms with E-state index in [1.54, 1.807) is 25.2 Å². The molecule has 150 valence electrons. The van der Waals surface area contributed by atoms with E-state index < -0.39 is 0 Å². The number of aromatic nitrogens is 2. The van der Waals surface area contributed by atoms with E-state index in [4.69, 9.17) is 0 Å². The summed E-state index contributed by atoms with van der Waals surface area (Å²) in [6.45, 7) is 0.757. The number of hydrogen-bond acceptors (Lipinski definition) is 4. The second-order valence-corrected chi connectivity index (χ2v) is 7.47. The minimum Gasteiger partial charge on any atom is -0.344 e. The van der Waals surface area contributed by atoms with Gasteiger partial charge >= 0.3 is 0 Å². The Balaban J connectivity index is 1.71. The Morgan fingerprint density at radius 3 is 2.57 bits per heavy atom. The van der Waals surface area contributed by atoms with E-state index in [-0.39, 0.29) is 35.3 Å². The maximum Gasteiger partial charge on any atom is 0.272 e. The largest absolute Gasteiger partial charge is 0.344 e. The number of carbonyl (C=O) groups is 2. The van der Waals surface area contributed by atoms with Crippen LogP contribution in [0.4, 0.5) is 10.2 Å². The van der Waals surface area contributed by atoms with Crippen LogP contribution in [0.25, 0.3) is 0 Å². The van der Waals surface area contributed by atoms with Crippen molar-refractivity contribution in [3.63, 3.8) is 0 Å². The number of benzene rings is 1. The molecule has 0 bridgehead atoms. The Bertz CT molecular complexity index is 843. The van der Waals surface area contributed by atoms with Gasteiger partial charge in [0.2, 0.25) is 5.91 Å². The molecule has 0 saturated heterocycles. The number of halogens is 1. The first-order chi connectivity index (χ1) is 13.3. The van der Waals surface area contributed by atoms with Gasteiger partial charge in [0.1, 0.15) is 11.6 Å². The lowest BCUT2D eigenvalue weighted by molar-refractivity contribution is -0.117. The van der Waals surface area contributed by atoms with Crippen LogP contribution >= 0.6 is 0 Å². The van der Waals surface area contributed by atoms with Gasteiger partial charge in [0, 0.05) is 19.0 Å². The van der Waals surface area contributed by atoms with E-state index in [1.807, 2.05) is 19.0 Å². The van der Waals surface area contributed by atoms with Crippen molar-refractivity contribution < 1.29 is 14.0 Å². The third kappa shape index (κ3) is 5.16. The summed E-state index contributed by atoms with van der Waals surface area (Å²) >= 11 is 0. The normalized spacial score (nSPS) is 14.8. The quantitative estimate of drug-likeness (QED) is 0.729. The van der Waals surface area contributed by atoms with Crippen LogP contribution < -0.4 is 10.6 Å². The highest BCUT2D eigenvalue weighted by atomic mass is 19.1. The van der Waals surface area contributed by atoms with Crippen molar-refractivity contribution in [1.29, 1.82) is 0 Å². The predicted molar refractivity (Wildman–Crippen MR) is 104 cm³/mol. The molecule has 1 fully saturated rings. The maximum atomic E-state index is 13.3. The summed E-state index contributed by atoms with van der Waals surface area (Å²) in [5.74, 6) is -0.127. The monoisotopic (exact) mass is 387 g/mol. The third-order valence-corrected chi connectivity index (χ3v) is 4.75. The van der Waals surface area contributed by atoms with Crippen LogP contribution in [0.2, 0.25) is 0 Å². The molecule has 0 radical (unpaired) electrons. The molecule has 1 heterocycles. The molecule has 1 saturated carbocycles. The average molecular weight is 387 g/mol. The predicted octanol–water partition coefficient (Wildman–Crippen LogP) is 2.33. The fourth-order valence-corrected chi connectivity index (χ4v) is 2.91. The van der Waals surface area contributed by atoms with Crippen LogP contribution in [0.1, 0.15) is 41.4 Å². The Kier molecular flexibility index (Phi) is 6.08. The number of carbonyl (C=O) groups excluding carboxylic acids is 2. The Hall–Kier alpha value is -2.74. The summed E-state index contributed by atoms with van der Waals surface area (Å²) < 4.78 is 14.7. The molecule has 2 amide bonds. The van der Waals surface area contributed by atoms with Gasteiger partial charge in [-0.05, 0) is 57.6 Å². The number of hydrogen-bond donors (Lipinski definition) is 2. The van der Waals surface area contributed by atoms with Crippen LogP contribution in [0, 0.1) is 11.7 Å². The Labute approximate surface area is 163 Å². The van der Waals surface area contributed by atoms with Crippen LogP contribution in [-0.4, -0.2) is 47.1 Å². The number of anilines is 1. The fourth-order valence-electron chi connectivity index (χ4n) is 2.91. The van der Waals surface area contributed by atoms with Gasteiger partial charge < -0.3 is 15.5 Å². The SMILES string of the molecule is CN(C)CCC(NC(=O)c1cc(NC(=O)C2CC2)n(C)n1)c1ccc(F)cc1. The zero-order chi connectivity index (χ0) is 20.3. The number of aryl methyl sites for hydroxylation is 1. The molecule has 2 aromatic rings. The molecule has 0 aliphatic heterocycles. The van der Waals surface area contributed by atoms with Crippen LogP contribution in [0.3, 0.4) is 0 Å². The van der Waals surface area contributed by atoms with Gasteiger partial charge in [-0.25, -0.2) is 4.39 Å². The van der Waals surface area contributed by atoms with Crippen molar-refractivity contribution in [1.82, 2.24) is 20.0 Å². The van der Waals surface area contributed by atoms with Crippen molar-refractivity contribution >= 4 is 17.6 Å². The van der Waals surface area contributed by atoms with E-state index >= 15 is 0 Å². The van der Waals surface area contributed by atoms with Gasteiger partial charge in [0.05, 0.1) is 6.04 Å². The minimum absolute atomic E-state index is 0.0369. The van der Waals surface area contributed by atoms with Crippen LogP contribution in [0.15, 0.2) is 30.3 Å². The lowest BCUT2D eigenvalue weighted by Crippen LogP contribution is -2.31. The number of rotatable bonds is 8. The van der Waals surface area contributed by atoms with Crippen molar-refractivity contribution in [2.24, 2.45) is 13.0 Å². The van der Waals surface area contributed by atoms with Crippen molar-refractivity contribution in [2.45, 2.75) is 25.3 Å². The Morgan fingerprint density at radius 2 is 1.96 bits per heavy atom. The molecule has 0 spiro atoms. The third-order valence-electron chi connectivity index (χ3n) is 4.75. The highest BCUT2D eigenvalue weighted by Crippen LogP contribution is 2.30. The topological polar surface area (TPSA) is 79.3 Å². The standard InChI is InChI=1S/C20H26FN5O2/c1-25(2)11-10-16(13-6-8-15(21)9-7-13)22-20(28)17-12-18(26(3)24-17)23-19(27)14-4-5-14/h6-9,12,14,16H,4-5,10-11H2,1-3H3,(H,22,28)(H,23,27). The van der Waals surface area contributed by atoms with E-state index in [2.05, 4.69) is 15.7 Å². The summed E-state index contributed by atoms with van der Waals surface area (Å²) in [5, 5.41) is 10.0. The smallest absolute Gasteiger partial charge is 0.272 e. The first kappa shape index (κ1) is 20.0. The molecule has 1 aromatic heterocycles. The summed E-state index contributed by atoms with van der Waals surface area (Å²) in [6, 6.07) is 7.42. The van der Waals surface area contributed by atoms with Gasteiger partial charge in [0.15, 0.2) is 5.69 Å². The molecular formula is C20H26FN5O2.